The monoisotopic (exact) mass is 436 g/mol. The van der Waals surface area contributed by atoms with E-state index in [2.05, 4.69) is 15.3 Å². The molecule has 9 nitrogen and oxygen atoms in total. The minimum Gasteiger partial charge on any atom is -0.487 e. The molecule has 11 heteroatoms. The molecule has 0 spiro atoms. The highest BCUT2D eigenvalue weighted by molar-refractivity contribution is 5.99. The van der Waals surface area contributed by atoms with E-state index in [4.69, 9.17) is 4.74 Å². The minimum absolute atomic E-state index is 0.0409. The predicted molar refractivity (Wildman–Crippen MR) is 107 cm³/mol. The van der Waals surface area contributed by atoms with Crippen LogP contribution in [-0.2, 0) is 0 Å². The number of carbonyl (C=O) groups is 2. The molecule has 0 aliphatic carbocycles. The molecule has 0 bridgehead atoms. The third kappa shape index (κ3) is 5.16. The van der Waals surface area contributed by atoms with Crippen LogP contribution >= 0.6 is 0 Å². The molecule has 1 aliphatic heterocycles. The summed E-state index contributed by atoms with van der Waals surface area (Å²) in [5, 5.41) is 21.7. The van der Waals surface area contributed by atoms with Crippen molar-refractivity contribution in [2.75, 3.05) is 23.3 Å². The summed E-state index contributed by atoms with van der Waals surface area (Å²) in [6.45, 7) is 4.43. The molecule has 2 aromatic rings. The van der Waals surface area contributed by atoms with E-state index in [9.17, 15) is 28.6 Å². The molecule has 1 fully saturated rings. The van der Waals surface area contributed by atoms with Crippen LogP contribution in [0.4, 0.5) is 20.4 Å². The largest absolute Gasteiger partial charge is 0.487 e. The Morgan fingerprint density at radius 1 is 1.13 bits per heavy atom. The fourth-order valence-electron chi connectivity index (χ4n) is 3.25. The average Bonchev–Trinajstić information content (AvgIpc) is 2.70. The molecular weight excluding hydrogens is 414 g/mol. The van der Waals surface area contributed by atoms with Crippen LogP contribution in [0.1, 0.15) is 47.7 Å². The third-order valence-electron chi connectivity index (χ3n) is 4.64. The summed E-state index contributed by atoms with van der Waals surface area (Å²) in [6, 6.07) is 3.00. The molecular formula is C20H22F2N4O5. The summed E-state index contributed by atoms with van der Waals surface area (Å²) in [6.07, 6.45) is 0.591. The molecule has 0 unspecified atom stereocenters. The number of nitrogens with zero attached hydrogens (tertiary/aromatic N) is 3. The Balaban J connectivity index is 1.81. The van der Waals surface area contributed by atoms with E-state index >= 15 is 0 Å². The average molecular weight is 436 g/mol. The summed E-state index contributed by atoms with van der Waals surface area (Å²) in [4.78, 5) is 32.8. The molecule has 1 aromatic heterocycles. The van der Waals surface area contributed by atoms with Gasteiger partial charge in [-0.2, -0.15) is 0 Å². The highest BCUT2D eigenvalue weighted by Crippen LogP contribution is 2.29. The smallest absolute Gasteiger partial charge is 0.357 e. The number of nitrogens with one attached hydrogen (secondary N) is 1. The Kier molecular flexibility index (Phi) is 6.52. The van der Waals surface area contributed by atoms with Crippen LogP contribution in [0.25, 0.3) is 0 Å². The zero-order chi connectivity index (χ0) is 22.7. The van der Waals surface area contributed by atoms with Crippen LogP contribution in [0.3, 0.4) is 0 Å². The summed E-state index contributed by atoms with van der Waals surface area (Å²) >= 11 is 0. The molecule has 2 heterocycles. The summed E-state index contributed by atoms with van der Waals surface area (Å²) in [5.74, 6) is -4.11. The molecule has 0 saturated carbocycles. The van der Waals surface area contributed by atoms with Crippen LogP contribution in [-0.4, -0.2) is 57.4 Å². The van der Waals surface area contributed by atoms with Crippen LogP contribution in [0.2, 0.25) is 0 Å². The number of carboxylic acids is 2. The number of anilines is 2. The molecule has 166 valence electrons. The molecule has 0 amide bonds. The fraction of sp³-hybridized carbons (Fsp3) is 0.400. The molecule has 31 heavy (non-hydrogen) atoms. The zero-order valence-electron chi connectivity index (χ0n) is 16.9. The molecule has 1 saturated heterocycles. The molecule has 0 atom stereocenters. The van der Waals surface area contributed by atoms with E-state index < -0.39 is 35.0 Å². The maximum Gasteiger partial charge on any atom is 0.357 e. The minimum atomic E-state index is -1.49. The molecule has 3 rings (SSSR count). The quantitative estimate of drug-likeness (QED) is 0.601. The molecule has 1 aromatic carbocycles. The van der Waals surface area contributed by atoms with Gasteiger partial charge >= 0.3 is 11.9 Å². The second-order valence-electron chi connectivity index (χ2n) is 7.38. The van der Waals surface area contributed by atoms with E-state index in [1.807, 2.05) is 13.8 Å². The van der Waals surface area contributed by atoms with Crippen LogP contribution in [0, 0.1) is 11.6 Å². The van der Waals surface area contributed by atoms with Gasteiger partial charge in [0.25, 0.3) is 0 Å². The summed E-state index contributed by atoms with van der Waals surface area (Å²) in [5.41, 5.74) is -1.30. The number of piperidine rings is 1. The standard InChI is InChI=1S/C20H22F2N4O5/c1-10(2)23-17-18(25-16(20(29)30)15(24-17)19(27)28)26-7-5-12(6-8-26)31-14-4-3-11(21)9-13(14)22/h3-4,9-10,12H,5-8H2,1-2H3,(H,23,24)(H,27,28)(H,29,30). The van der Waals surface area contributed by atoms with Gasteiger partial charge in [0.1, 0.15) is 11.9 Å². The topological polar surface area (TPSA) is 125 Å². The van der Waals surface area contributed by atoms with Crippen LogP contribution in [0.15, 0.2) is 18.2 Å². The van der Waals surface area contributed by atoms with Crippen molar-refractivity contribution in [3.05, 3.63) is 41.2 Å². The van der Waals surface area contributed by atoms with Crippen molar-refractivity contribution in [3.63, 3.8) is 0 Å². The predicted octanol–water partition coefficient (Wildman–Crippen LogP) is 3.02. The lowest BCUT2D eigenvalue weighted by Gasteiger charge is -2.34. The lowest BCUT2D eigenvalue weighted by Crippen LogP contribution is -2.40. The number of carboxylic acid groups (broad SMARTS) is 2. The van der Waals surface area contributed by atoms with Crippen molar-refractivity contribution in [1.29, 1.82) is 0 Å². The van der Waals surface area contributed by atoms with Gasteiger partial charge in [-0.05, 0) is 26.0 Å². The summed E-state index contributed by atoms with van der Waals surface area (Å²) in [7, 11) is 0. The number of halogens is 2. The normalized spacial score (nSPS) is 14.5. The van der Waals surface area contributed by atoms with Gasteiger partial charge in [0.15, 0.2) is 34.6 Å². The van der Waals surface area contributed by atoms with Gasteiger partial charge in [0.2, 0.25) is 0 Å². The highest BCUT2D eigenvalue weighted by Gasteiger charge is 2.29. The lowest BCUT2D eigenvalue weighted by atomic mass is 10.1. The van der Waals surface area contributed by atoms with E-state index in [0.29, 0.717) is 25.9 Å². The maximum atomic E-state index is 13.8. The third-order valence-corrected chi connectivity index (χ3v) is 4.64. The van der Waals surface area contributed by atoms with E-state index in [-0.39, 0.29) is 29.5 Å². The number of hydrogen-bond acceptors (Lipinski definition) is 7. The lowest BCUT2D eigenvalue weighted by molar-refractivity contribution is 0.0641. The van der Waals surface area contributed by atoms with Gasteiger partial charge in [0, 0.05) is 38.0 Å². The Labute approximate surface area is 176 Å². The highest BCUT2D eigenvalue weighted by atomic mass is 19.1. The van der Waals surface area contributed by atoms with E-state index in [0.717, 1.165) is 12.1 Å². The number of hydrogen-bond donors (Lipinski definition) is 3. The molecule has 3 N–H and O–H groups in total. The van der Waals surface area contributed by atoms with Gasteiger partial charge in [0.05, 0.1) is 0 Å². The zero-order valence-corrected chi connectivity index (χ0v) is 16.9. The van der Waals surface area contributed by atoms with Crippen molar-refractivity contribution in [2.45, 2.75) is 38.8 Å². The SMILES string of the molecule is CC(C)Nc1nc(C(=O)O)c(C(=O)O)nc1N1CCC(Oc2ccc(F)cc2F)CC1. The van der Waals surface area contributed by atoms with Crippen molar-refractivity contribution in [2.24, 2.45) is 0 Å². The Bertz CT molecular complexity index is 994. The first-order valence-electron chi connectivity index (χ1n) is 9.67. The molecule has 0 radical (unpaired) electrons. The van der Waals surface area contributed by atoms with Crippen LogP contribution < -0.4 is 15.0 Å². The van der Waals surface area contributed by atoms with Gasteiger partial charge in [-0.1, -0.05) is 0 Å². The van der Waals surface area contributed by atoms with Crippen LogP contribution in [0.5, 0.6) is 5.75 Å². The second kappa shape index (κ2) is 9.11. The number of rotatable bonds is 7. The number of aromatic carboxylic acids is 2. The Morgan fingerprint density at radius 2 is 1.74 bits per heavy atom. The summed E-state index contributed by atoms with van der Waals surface area (Å²) < 4.78 is 32.5. The van der Waals surface area contributed by atoms with Gasteiger partial charge in [-0.15, -0.1) is 0 Å². The molecule has 1 aliphatic rings. The van der Waals surface area contributed by atoms with E-state index in [1.165, 1.54) is 6.07 Å². The fourth-order valence-corrected chi connectivity index (χ4v) is 3.25. The van der Waals surface area contributed by atoms with Gasteiger partial charge < -0.3 is 25.2 Å². The number of ether oxygens (including phenoxy) is 1. The van der Waals surface area contributed by atoms with Crippen molar-refractivity contribution in [3.8, 4) is 5.75 Å². The Morgan fingerprint density at radius 3 is 2.29 bits per heavy atom. The van der Waals surface area contributed by atoms with Gasteiger partial charge in [-0.3, -0.25) is 0 Å². The first kappa shape index (κ1) is 22.2. The number of benzene rings is 1. The Hall–Kier alpha value is -3.50. The maximum absolute atomic E-state index is 13.8. The first-order chi connectivity index (χ1) is 14.7. The van der Waals surface area contributed by atoms with Gasteiger partial charge in [-0.25, -0.2) is 28.3 Å². The number of aromatic nitrogens is 2. The first-order valence-corrected chi connectivity index (χ1v) is 9.67. The van der Waals surface area contributed by atoms with Crippen molar-refractivity contribution in [1.82, 2.24) is 9.97 Å². The van der Waals surface area contributed by atoms with Crippen molar-refractivity contribution >= 4 is 23.6 Å². The van der Waals surface area contributed by atoms with E-state index in [1.54, 1.807) is 4.90 Å². The second-order valence-corrected chi connectivity index (χ2v) is 7.38. The van der Waals surface area contributed by atoms with Crippen molar-refractivity contribution < 1.29 is 33.3 Å².